The Bertz CT molecular complexity index is 811. The van der Waals surface area contributed by atoms with Gasteiger partial charge in [-0.05, 0) is 23.7 Å². The molecule has 6 heteroatoms. The Morgan fingerprint density at radius 3 is 2.61 bits per heavy atom. The van der Waals surface area contributed by atoms with Gasteiger partial charge in [0.1, 0.15) is 5.75 Å². The Labute approximate surface area is 145 Å². The van der Waals surface area contributed by atoms with Crippen LogP contribution in [0.15, 0.2) is 60.8 Å². The van der Waals surface area contributed by atoms with E-state index in [4.69, 9.17) is 4.74 Å². The zero-order chi connectivity index (χ0) is 15.5. The van der Waals surface area contributed by atoms with Gasteiger partial charge in [-0.15, -0.1) is 0 Å². The summed E-state index contributed by atoms with van der Waals surface area (Å²) in [7, 11) is 0.214. The summed E-state index contributed by atoms with van der Waals surface area (Å²) in [5, 5.41) is 19.7. The van der Waals surface area contributed by atoms with E-state index >= 15 is 0 Å². The monoisotopic (exact) mass is 373 g/mol. The maximum Gasteiger partial charge on any atom is 0.488 e. The van der Waals surface area contributed by atoms with Crippen molar-refractivity contribution in [2.24, 2.45) is 0 Å². The number of benzene rings is 2. The fraction of sp³-hybridized carbons (Fsp3) is 0.118. The number of hydrogen-bond donors (Lipinski definition) is 2. The maximum atomic E-state index is 9.28. The summed E-state index contributed by atoms with van der Waals surface area (Å²) in [5.41, 5.74) is 2.61. The van der Waals surface area contributed by atoms with E-state index in [9.17, 15) is 10.0 Å². The largest absolute Gasteiger partial charge is 1.00 e. The third-order valence-corrected chi connectivity index (χ3v) is 3.69. The molecule has 1 aromatic heterocycles. The van der Waals surface area contributed by atoms with Crippen molar-refractivity contribution in [2.75, 3.05) is 7.11 Å². The minimum absolute atomic E-state index is 0. The van der Waals surface area contributed by atoms with Gasteiger partial charge >= 0.3 is 7.12 Å². The van der Waals surface area contributed by atoms with Gasteiger partial charge in [-0.3, -0.25) is 0 Å². The predicted octanol–water partition coefficient (Wildman–Crippen LogP) is -2.13. The van der Waals surface area contributed by atoms with E-state index in [1.165, 1.54) is 0 Å². The van der Waals surface area contributed by atoms with Crippen LogP contribution in [0.1, 0.15) is 5.56 Å². The fourth-order valence-corrected chi connectivity index (χ4v) is 2.57. The lowest BCUT2D eigenvalue weighted by Gasteiger charge is -2.05. The zero-order valence-corrected chi connectivity index (χ0v) is 14.3. The van der Waals surface area contributed by atoms with Gasteiger partial charge in [-0.25, -0.2) is 0 Å². The van der Waals surface area contributed by atoms with Crippen LogP contribution >= 0.6 is 0 Å². The molecule has 0 unspecified atom stereocenters. The number of fused-ring (bicyclic) bond motifs is 1. The molecule has 0 saturated heterocycles. The van der Waals surface area contributed by atoms with E-state index in [-0.39, 0.29) is 17.0 Å². The van der Waals surface area contributed by atoms with Crippen molar-refractivity contribution < 1.29 is 36.3 Å². The molecule has 0 bridgehead atoms. The minimum Gasteiger partial charge on any atom is -1.00 e. The van der Waals surface area contributed by atoms with Crippen molar-refractivity contribution in [3.63, 3.8) is 0 Å². The van der Waals surface area contributed by atoms with Crippen molar-refractivity contribution in [3.8, 4) is 5.75 Å². The number of halogens is 1. The van der Waals surface area contributed by atoms with Gasteiger partial charge in [0, 0.05) is 17.7 Å². The van der Waals surface area contributed by atoms with Crippen molar-refractivity contribution >= 4 is 23.5 Å². The van der Waals surface area contributed by atoms with E-state index < -0.39 is 7.12 Å². The molecule has 0 radical (unpaired) electrons. The summed E-state index contributed by atoms with van der Waals surface area (Å²) in [6.45, 7) is 0.657. The topological polar surface area (TPSA) is 53.6 Å². The number of methoxy groups -OCH3 is 1. The standard InChI is InChI=1S/C17H17BNO3.BrH/c1-22-16-7-8-17-14(11-16)5-3-9-19(17)12-13-4-2-6-15(10-13)18(20)21;/h2-11,20-21H,12H2,1H3;1H/q+1;/p-1. The van der Waals surface area contributed by atoms with Crippen LogP contribution in [0.2, 0.25) is 0 Å². The summed E-state index contributed by atoms with van der Waals surface area (Å²) in [6.07, 6.45) is 2.01. The highest BCUT2D eigenvalue weighted by Gasteiger charge is 2.14. The second-order valence-electron chi connectivity index (χ2n) is 5.18. The molecule has 0 fully saturated rings. The van der Waals surface area contributed by atoms with E-state index in [0.29, 0.717) is 12.0 Å². The number of ether oxygens (including phenoxy) is 1. The molecule has 0 aliphatic heterocycles. The number of rotatable bonds is 4. The number of nitrogens with zero attached hydrogens (tertiary/aromatic N) is 1. The van der Waals surface area contributed by atoms with Gasteiger partial charge in [-0.2, -0.15) is 4.57 Å². The van der Waals surface area contributed by atoms with Gasteiger partial charge in [0.15, 0.2) is 12.7 Å². The summed E-state index contributed by atoms with van der Waals surface area (Å²) in [4.78, 5) is 0. The van der Waals surface area contributed by atoms with Crippen LogP contribution in [0.5, 0.6) is 5.75 Å². The van der Waals surface area contributed by atoms with Crippen LogP contribution < -0.4 is 31.7 Å². The molecule has 0 aliphatic rings. The van der Waals surface area contributed by atoms with Crippen molar-refractivity contribution in [2.45, 2.75) is 6.54 Å². The van der Waals surface area contributed by atoms with Crippen LogP contribution in [0, 0.1) is 0 Å². The number of aromatic nitrogens is 1. The molecule has 118 valence electrons. The Balaban J connectivity index is 0.00000192. The van der Waals surface area contributed by atoms with Crippen LogP contribution in [0.4, 0.5) is 0 Å². The summed E-state index contributed by atoms with van der Waals surface area (Å²) in [5.74, 6) is 0.829. The molecule has 0 aliphatic carbocycles. The van der Waals surface area contributed by atoms with E-state index in [2.05, 4.69) is 4.57 Å². The molecule has 0 atom stereocenters. The molecule has 2 aromatic carbocycles. The Hall–Kier alpha value is -1.89. The van der Waals surface area contributed by atoms with Crippen LogP contribution in [0.25, 0.3) is 10.9 Å². The first-order valence-corrected chi connectivity index (χ1v) is 7.08. The Morgan fingerprint density at radius 1 is 1.04 bits per heavy atom. The molecule has 3 rings (SSSR count). The van der Waals surface area contributed by atoms with Crippen molar-refractivity contribution in [1.82, 2.24) is 0 Å². The highest BCUT2D eigenvalue weighted by Crippen LogP contribution is 2.17. The van der Waals surface area contributed by atoms with Gasteiger partial charge < -0.3 is 31.8 Å². The van der Waals surface area contributed by atoms with Crippen molar-refractivity contribution in [3.05, 3.63) is 66.4 Å². The SMILES string of the molecule is COc1ccc2c(ccc[n+]2Cc2cccc(B(O)O)c2)c1.[Br-]. The summed E-state index contributed by atoms with van der Waals surface area (Å²) in [6, 6.07) is 17.3. The second-order valence-corrected chi connectivity index (χ2v) is 5.18. The molecule has 23 heavy (non-hydrogen) atoms. The van der Waals surface area contributed by atoms with Crippen LogP contribution in [-0.2, 0) is 6.54 Å². The van der Waals surface area contributed by atoms with E-state index in [1.54, 1.807) is 19.2 Å². The van der Waals surface area contributed by atoms with Gasteiger partial charge in [-0.1, -0.05) is 24.3 Å². The lowest BCUT2D eigenvalue weighted by molar-refractivity contribution is -0.662. The average molecular weight is 374 g/mol. The molecule has 2 N–H and O–H groups in total. The van der Waals surface area contributed by atoms with Crippen molar-refractivity contribution in [1.29, 1.82) is 0 Å². The predicted molar refractivity (Wildman–Crippen MR) is 86.1 cm³/mol. The molecular formula is C17H17BBrNO3. The Kier molecular flexibility index (Phi) is 5.77. The molecule has 4 nitrogen and oxygen atoms in total. The lowest BCUT2D eigenvalue weighted by Crippen LogP contribution is -3.00. The fourth-order valence-electron chi connectivity index (χ4n) is 2.57. The molecule has 0 amide bonds. The van der Waals surface area contributed by atoms with Gasteiger partial charge in [0.05, 0.1) is 12.5 Å². The average Bonchev–Trinajstić information content (AvgIpc) is 2.55. The first-order valence-electron chi connectivity index (χ1n) is 7.08. The van der Waals surface area contributed by atoms with Crippen LogP contribution in [0.3, 0.4) is 0 Å². The normalized spacial score (nSPS) is 10.2. The first kappa shape index (κ1) is 17.5. The van der Waals surface area contributed by atoms with Gasteiger partial charge in [0.25, 0.3) is 0 Å². The van der Waals surface area contributed by atoms with E-state index in [0.717, 1.165) is 22.2 Å². The molecule has 0 spiro atoms. The number of pyridine rings is 1. The smallest absolute Gasteiger partial charge is 0.488 e. The lowest BCUT2D eigenvalue weighted by atomic mass is 9.79. The number of hydrogen-bond acceptors (Lipinski definition) is 3. The van der Waals surface area contributed by atoms with Gasteiger partial charge in [0.2, 0.25) is 5.52 Å². The summed E-state index contributed by atoms with van der Waals surface area (Å²) >= 11 is 0. The molecule has 0 saturated carbocycles. The first-order chi connectivity index (χ1) is 10.7. The quantitative estimate of drug-likeness (QED) is 0.406. The highest BCUT2D eigenvalue weighted by molar-refractivity contribution is 6.58. The molecule has 3 aromatic rings. The highest BCUT2D eigenvalue weighted by atomic mass is 79.9. The van der Waals surface area contributed by atoms with Crippen LogP contribution in [-0.4, -0.2) is 24.3 Å². The molecular weight excluding hydrogens is 357 g/mol. The Morgan fingerprint density at radius 2 is 1.87 bits per heavy atom. The third kappa shape index (κ3) is 3.90. The van der Waals surface area contributed by atoms with E-state index in [1.807, 2.05) is 48.7 Å². The maximum absolute atomic E-state index is 9.28. The summed E-state index contributed by atoms with van der Waals surface area (Å²) < 4.78 is 7.38. The zero-order valence-electron chi connectivity index (χ0n) is 12.7. The minimum atomic E-state index is -1.44. The second kappa shape index (κ2) is 7.59. The molecule has 1 heterocycles. The third-order valence-electron chi connectivity index (χ3n) is 3.69.